The maximum absolute atomic E-state index is 12.6. The first-order valence-corrected chi connectivity index (χ1v) is 9.24. The van der Waals surface area contributed by atoms with E-state index in [9.17, 15) is 9.00 Å². The molecule has 0 unspecified atom stereocenters. The lowest BCUT2D eigenvalue weighted by atomic mass is 9.97. The SMILES string of the molecule is Cc1ccc([S@](=O)CC(=O)c2c(C)c(Cl)c(C)c(Cl)c2C)cc1. The molecule has 0 saturated heterocycles. The standard InChI is InChI=1S/C18H18Cl2O2S/c1-10-5-7-14(8-6-10)23(22)9-15(21)16-11(2)17(19)13(4)18(20)12(16)3/h5-8H,9H2,1-4H3/t23-/m1/s1. The van der Waals surface area contributed by atoms with Gasteiger partial charge in [-0.15, -0.1) is 0 Å². The molecule has 0 aliphatic rings. The molecule has 0 aromatic heterocycles. The van der Waals surface area contributed by atoms with Crippen molar-refractivity contribution in [2.24, 2.45) is 0 Å². The Morgan fingerprint density at radius 3 is 1.87 bits per heavy atom. The summed E-state index contributed by atoms with van der Waals surface area (Å²) in [5.41, 5.74) is 3.71. The number of hydrogen-bond acceptors (Lipinski definition) is 2. The monoisotopic (exact) mass is 368 g/mol. The molecular formula is C18H18Cl2O2S. The molecule has 0 aliphatic heterocycles. The van der Waals surface area contributed by atoms with Crippen molar-refractivity contribution in [3.8, 4) is 0 Å². The molecule has 0 saturated carbocycles. The fourth-order valence-electron chi connectivity index (χ4n) is 2.54. The van der Waals surface area contributed by atoms with Gasteiger partial charge in [-0.1, -0.05) is 40.9 Å². The van der Waals surface area contributed by atoms with Crippen LogP contribution in [0.3, 0.4) is 0 Å². The first-order chi connectivity index (χ1) is 10.7. The van der Waals surface area contributed by atoms with E-state index in [-0.39, 0.29) is 11.5 Å². The quantitative estimate of drug-likeness (QED) is 0.693. The van der Waals surface area contributed by atoms with Crippen LogP contribution in [-0.2, 0) is 10.8 Å². The minimum absolute atomic E-state index is 0.0829. The van der Waals surface area contributed by atoms with E-state index in [1.165, 1.54) is 0 Å². The van der Waals surface area contributed by atoms with Crippen LogP contribution in [0.5, 0.6) is 0 Å². The summed E-state index contributed by atoms with van der Waals surface area (Å²) in [7, 11) is -1.39. The van der Waals surface area contributed by atoms with Crippen molar-refractivity contribution in [3.63, 3.8) is 0 Å². The Balaban J connectivity index is 2.35. The normalized spacial score (nSPS) is 12.3. The number of carbonyl (C=O) groups is 1. The second kappa shape index (κ2) is 7.16. The maximum Gasteiger partial charge on any atom is 0.176 e. The van der Waals surface area contributed by atoms with Gasteiger partial charge in [-0.3, -0.25) is 9.00 Å². The Hall–Kier alpha value is -1.16. The zero-order valence-electron chi connectivity index (χ0n) is 13.5. The van der Waals surface area contributed by atoms with Crippen LogP contribution >= 0.6 is 23.2 Å². The molecule has 2 aromatic carbocycles. The Morgan fingerprint density at radius 1 is 0.913 bits per heavy atom. The molecule has 0 fully saturated rings. The summed E-state index contributed by atoms with van der Waals surface area (Å²) >= 11 is 12.5. The Morgan fingerprint density at radius 2 is 1.39 bits per heavy atom. The van der Waals surface area contributed by atoms with Crippen LogP contribution in [0, 0.1) is 27.7 Å². The van der Waals surface area contributed by atoms with E-state index in [0.29, 0.717) is 31.6 Å². The van der Waals surface area contributed by atoms with Gasteiger partial charge >= 0.3 is 0 Å². The number of Topliss-reactive ketones (excluding diaryl/α,β-unsaturated/α-hetero) is 1. The zero-order chi connectivity index (χ0) is 17.3. The lowest BCUT2D eigenvalue weighted by molar-refractivity contribution is 0.102. The number of aryl methyl sites for hydroxylation is 1. The Labute approximate surface area is 149 Å². The molecule has 0 amide bonds. The summed E-state index contributed by atoms with van der Waals surface area (Å²) < 4.78 is 12.4. The van der Waals surface area contributed by atoms with Gasteiger partial charge in [-0.25, -0.2) is 0 Å². The van der Waals surface area contributed by atoms with E-state index in [2.05, 4.69) is 0 Å². The van der Waals surface area contributed by atoms with Gasteiger partial charge in [-0.05, 0) is 56.5 Å². The van der Waals surface area contributed by atoms with Crippen molar-refractivity contribution in [1.82, 2.24) is 0 Å². The van der Waals surface area contributed by atoms with E-state index < -0.39 is 10.8 Å². The minimum atomic E-state index is -1.39. The van der Waals surface area contributed by atoms with Crippen molar-refractivity contribution in [1.29, 1.82) is 0 Å². The molecule has 0 radical (unpaired) electrons. The lowest BCUT2D eigenvalue weighted by Gasteiger charge is -2.15. The largest absolute Gasteiger partial charge is 0.293 e. The van der Waals surface area contributed by atoms with Gasteiger partial charge in [-0.2, -0.15) is 0 Å². The van der Waals surface area contributed by atoms with Crippen molar-refractivity contribution >= 4 is 39.8 Å². The molecule has 2 rings (SSSR count). The van der Waals surface area contributed by atoms with Crippen LogP contribution in [0.2, 0.25) is 10.0 Å². The highest BCUT2D eigenvalue weighted by atomic mass is 35.5. The fraction of sp³-hybridized carbons (Fsp3) is 0.278. The minimum Gasteiger partial charge on any atom is -0.293 e. The number of rotatable bonds is 4. The summed E-state index contributed by atoms with van der Waals surface area (Å²) in [6.07, 6.45) is 0. The van der Waals surface area contributed by atoms with Crippen LogP contribution in [0.4, 0.5) is 0 Å². The predicted molar refractivity (Wildman–Crippen MR) is 97.5 cm³/mol. The van der Waals surface area contributed by atoms with Gasteiger partial charge in [0.25, 0.3) is 0 Å². The van der Waals surface area contributed by atoms with Gasteiger partial charge in [0.1, 0.15) is 0 Å². The molecule has 2 nitrogen and oxygen atoms in total. The summed E-state index contributed by atoms with van der Waals surface area (Å²) in [5.74, 6) is -0.289. The summed E-state index contributed by atoms with van der Waals surface area (Å²) in [6, 6.07) is 7.34. The smallest absolute Gasteiger partial charge is 0.176 e. The Kier molecular flexibility index (Phi) is 5.66. The number of ketones is 1. The van der Waals surface area contributed by atoms with Crippen molar-refractivity contribution in [2.75, 3.05) is 5.75 Å². The van der Waals surface area contributed by atoms with E-state index in [1.807, 2.05) is 26.0 Å². The average molecular weight is 369 g/mol. The van der Waals surface area contributed by atoms with Crippen LogP contribution in [0.15, 0.2) is 29.2 Å². The number of halogens is 2. The molecule has 23 heavy (non-hydrogen) atoms. The summed E-state index contributed by atoms with van der Waals surface area (Å²) in [4.78, 5) is 13.3. The number of carbonyl (C=O) groups excluding carboxylic acids is 1. The molecule has 0 spiro atoms. The third kappa shape index (κ3) is 3.68. The van der Waals surface area contributed by atoms with Gasteiger partial charge in [0.15, 0.2) is 5.78 Å². The zero-order valence-corrected chi connectivity index (χ0v) is 15.8. The molecule has 0 aliphatic carbocycles. The third-order valence-corrected chi connectivity index (χ3v) is 6.35. The molecule has 5 heteroatoms. The van der Waals surface area contributed by atoms with Gasteiger partial charge in [0.05, 0.1) is 16.6 Å². The van der Waals surface area contributed by atoms with Crippen LogP contribution in [0.1, 0.15) is 32.6 Å². The topological polar surface area (TPSA) is 34.1 Å². The maximum atomic E-state index is 12.6. The van der Waals surface area contributed by atoms with Crippen molar-refractivity contribution < 1.29 is 9.00 Å². The van der Waals surface area contributed by atoms with E-state index in [4.69, 9.17) is 23.2 Å². The predicted octanol–water partition coefficient (Wildman–Crippen LogP) is 5.22. The fourth-order valence-corrected chi connectivity index (χ4v) is 3.96. The van der Waals surface area contributed by atoms with Crippen LogP contribution in [-0.4, -0.2) is 15.7 Å². The van der Waals surface area contributed by atoms with Crippen molar-refractivity contribution in [3.05, 3.63) is 62.1 Å². The molecule has 0 N–H and O–H groups in total. The number of hydrogen-bond donors (Lipinski definition) is 0. The highest BCUT2D eigenvalue weighted by Crippen LogP contribution is 2.34. The first-order valence-electron chi connectivity index (χ1n) is 7.17. The van der Waals surface area contributed by atoms with E-state index >= 15 is 0 Å². The third-order valence-electron chi connectivity index (χ3n) is 3.89. The first kappa shape index (κ1) is 18.2. The molecule has 0 bridgehead atoms. The average Bonchev–Trinajstić information content (AvgIpc) is 2.51. The van der Waals surface area contributed by atoms with Gasteiger partial charge in [0.2, 0.25) is 0 Å². The van der Waals surface area contributed by atoms with Gasteiger partial charge in [0, 0.05) is 20.5 Å². The molecule has 2 aromatic rings. The molecule has 1 atom stereocenters. The highest BCUT2D eigenvalue weighted by Gasteiger charge is 2.21. The summed E-state index contributed by atoms with van der Waals surface area (Å²) in [6.45, 7) is 7.37. The lowest BCUT2D eigenvalue weighted by Crippen LogP contribution is -2.15. The van der Waals surface area contributed by atoms with Gasteiger partial charge < -0.3 is 0 Å². The Bertz CT molecular complexity index is 767. The molecule has 0 heterocycles. The van der Waals surface area contributed by atoms with Crippen LogP contribution < -0.4 is 0 Å². The second-order valence-corrected chi connectivity index (χ2v) is 7.81. The second-order valence-electron chi connectivity index (χ2n) is 5.60. The molecular weight excluding hydrogens is 351 g/mol. The van der Waals surface area contributed by atoms with E-state index in [0.717, 1.165) is 11.1 Å². The summed E-state index contributed by atoms with van der Waals surface area (Å²) in [5, 5.41) is 0.982. The van der Waals surface area contributed by atoms with E-state index in [1.54, 1.807) is 26.0 Å². The van der Waals surface area contributed by atoms with Crippen LogP contribution in [0.25, 0.3) is 0 Å². The molecule has 122 valence electrons. The number of benzene rings is 2. The van der Waals surface area contributed by atoms with Crippen molar-refractivity contribution in [2.45, 2.75) is 32.6 Å². The highest BCUT2D eigenvalue weighted by molar-refractivity contribution is 7.85.